The highest BCUT2D eigenvalue weighted by Crippen LogP contribution is 2.14. The Bertz CT molecular complexity index is 423. The second kappa shape index (κ2) is 6.83. The van der Waals surface area contributed by atoms with Crippen molar-refractivity contribution in [1.29, 1.82) is 0 Å². The number of aryl methyl sites for hydroxylation is 2. The van der Waals surface area contributed by atoms with E-state index in [1.165, 1.54) is 0 Å². The molecule has 0 aromatic carbocycles. The van der Waals surface area contributed by atoms with Gasteiger partial charge in [-0.25, -0.2) is 4.79 Å². The van der Waals surface area contributed by atoms with Gasteiger partial charge in [0.25, 0.3) is 0 Å². The van der Waals surface area contributed by atoms with Crippen LogP contribution in [0.25, 0.3) is 0 Å². The Balaban J connectivity index is 2.70. The number of nitrogens with one attached hydrogen (secondary N) is 1. The van der Waals surface area contributed by atoms with Crippen molar-refractivity contribution in [3.05, 3.63) is 23.0 Å². The predicted molar refractivity (Wildman–Crippen MR) is 66.4 cm³/mol. The van der Waals surface area contributed by atoms with Crippen molar-refractivity contribution in [3.63, 3.8) is 0 Å². The Kier molecular flexibility index (Phi) is 5.42. The number of esters is 2. The van der Waals surface area contributed by atoms with E-state index in [1.54, 1.807) is 13.8 Å². The van der Waals surface area contributed by atoms with Crippen molar-refractivity contribution >= 4 is 11.9 Å². The largest absolute Gasteiger partial charge is 0.466 e. The minimum Gasteiger partial charge on any atom is -0.466 e. The molecule has 0 saturated carbocycles. The van der Waals surface area contributed by atoms with Crippen LogP contribution >= 0.6 is 0 Å². The monoisotopic (exact) mass is 253 g/mol. The summed E-state index contributed by atoms with van der Waals surface area (Å²) in [5.74, 6) is -0.643. The molecule has 0 amide bonds. The van der Waals surface area contributed by atoms with Crippen LogP contribution < -0.4 is 0 Å². The number of hydrogen-bond donors (Lipinski definition) is 1. The Labute approximate surface area is 106 Å². The lowest BCUT2D eigenvalue weighted by Gasteiger charge is -2.04. The predicted octanol–water partition coefficient (Wildman–Crippen LogP) is 2.00. The molecule has 0 aliphatic rings. The van der Waals surface area contributed by atoms with Gasteiger partial charge >= 0.3 is 11.9 Å². The van der Waals surface area contributed by atoms with Crippen LogP contribution in [0.5, 0.6) is 0 Å². The molecule has 0 atom stereocenters. The molecule has 5 heteroatoms. The number of carbonyl (C=O) groups is 2. The van der Waals surface area contributed by atoms with Crippen molar-refractivity contribution < 1.29 is 19.1 Å². The van der Waals surface area contributed by atoms with Gasteiger partial charge in [0.2, 0.25) is 0 Å². The summed E-state index contributed by atoms with van der Waals surface area (Å²) in [7, 11) is 0. The first-order valence-electron chi connectivity index (χ1n) is 6.09. The van der Waals surface area contributed by atoms with Gasteiger partial charge in [-0.1, -0.05) is 0 Å². The molecule has 1 aromatic heterocycles. The lowest BCUT2D eigenvalue weighted by atomic mass is 10.1. The molecule has 0 saturated heterocycles. The van der Waals surface area contributed by atoms with Gasteiger partial charge in [-0.05, 0) is 38.8 Å². The third-order valence-electron chi connectivity index (χ3n) is 2.42. The Hall–Kier alpha value is -1.78. The van der Waals surface area contributed by atoms with E-state index in [0.717, 1.165) is 11.3 Å². The molecule has 0 fully saturated rings. The van der Waals surface area contributed by atoms with Gasteiger partial charge in [-0.3, -0.25) is 4.79 Å². The fourth-order valence-corrected chi connectivity index (χ4v) is 1.70. The van der Waals surface area contributed by atoms with Crippen LogP contribution in [0.2, 0.25) is 0 Å². The molecule has 0 radical (unpaired) electrons. The van der Waals surface area contributed by atoms with E-state index in [9.17, 15) is 9.59 Å². The second-order valence-corrected chi connectivity index (χ2v) is 3.88. The van der Waals surface area contributed by atoms with E-state index in [2.05, 4.69) is 4.98 Å². The van der Waals surface area contributed by atoms with E-state index in [1.807, 2.05) is 13.0 Å². The molecule has 0 unspecified atom stereocenters. The lowest BCUT2D eigenvalue weighted by Crippen LogP contribution is -2.10. The van der Waals surface area contributed by atoms with Gasteiger partial charge in [0.1, 0.15) is 5.69 Å². The summed E-state index contributed by atoms with van der Waals surface area (Å²) in [6.45, 7) is 6.08. The molecular formula is C13H19NO4. The van der Waals surface area contributed by atoms with E-state index in [0.29, 0.717) is 25.3 Å². The molecule has 5 nitrogen and oxygen atoms in total. The Morgan fingerprint density at radius 2 is 1.89 bits per heavy atom. The zero-order chi connectivity index (χ0) is 13.5. The molecule has 0 aliphatic heterocycles. The summed E-state index contributed by atoms with van der Waals surface area (Å²) >= 11 is 0. The highest BCUT2D eigenvalue weighted by molar-refractivity contribution is 5.89. The van der Waals surface area contributed by atoms with Crippen LogP contribution in [-0.4, -0.2) is 30.1 Å². The minimum atomic E-state index is -0.385. The third-order valence-corrected chi connectivity index (χ3v) is 2.42. The summed E-state index contributed by atoms with van der Waals surface area (Å²) in [5, 5.41) is 0. The van der Waals surface area contributed by atoms with Gasteiger partial charge in [0.05, 0.1) is 13.2 Å². The molecule has 1 aromatic rings. The average Bonchev–Trinajstić information content (AvgIpc) is 2.69. The quantitative estimate of drug-likeness (QED) is 0.787. The lowest BCUT2D eigenvalue weighted by molar-refractivity contribution is -0.143. The zero-order valence-corrected chi connectivity index (χ0v) is 11.0. The van der Waals surface area contributed by atoms with Crippen molar-refractivity contribution in [2.45, 2.75) is 33.6 Å². The summed E-state index contributed by atoms with van der Waals surface area (Å²) in [6, 6.07) is 1.85. The molecule has 1 N–H and O–H groups in total. The fraction of sp³-hybridized carbons (Fsp3) is 0.538. The highest BCUT2D eigenvalue weighted by atomic mass is 16.5. The van der Waals surface area contributed by atoms with Crippen molar-refractivity contribution in [2.24, 2.45) is 0 Å². The molecule has 100 valence electrons. The smallest absolute Gasteiger partial charge is 0.355 e. The molecule has 0 bridgehead atoms. The summed E-state index contributed by atoms with van der Waals surface area (Å²) in [4.78, 5) is 25.9. The van der Waals surface area contributed by atoms with Gasteiger partial charge in [0, 0.05) is 12.1 Å². The van der Waals surface area contributed by atoms with Crippen LogP contribution in [0.4, 0.5) is 0 Å². The van der Waals surface area contributed by atoms with Gasteiger partial charge < -0.3 is 14.5 Å². The second-order valence-electron chi connectivity index (χ2n) is 3.88. The maximum atomic E-state index is 11.7. The molecule has 1 rings (SSSR count). The summed E-state index contributed by atoms with van der Waals surface area (Å²) in [5.41, 5.74) is 2.09. The number of aromatic amines is 1. The molecule has 18 heavy (non-hydrogen) atoms. The van der Waals surface area contributed by atoms with Crippen molar-refractivity contribution in [2.75, 3.05) is 13.2 Å². The van der Waals surface area contributed by atoms with Crippen LogP contribution in [0.15, 0.2) is 6.07 Å². The van der Waals surface area contributed by atoms with Gasteiger partial charge in [0.15, 0.2) is 0 Å². The molecule has 0 aliphatic carbocycles. The molecular weight excluding hydrogens is 234 g/mol. The topological polar surface area (TPSA) is 68.4 Å². The molecule has 0 spiro atoms. The van der Waals surface area contributed by atoms with E-state index >= 15 is 0 Å². The Morgan fingerprint density at radius 3 is 2.50 bits per heavy atom. The van der Waals surface area contributed by atoms with Gasteiger partial charge in [-0.2, -0.15) is 0 Å². The fourth-order valence-electron chi connectivity index (χ4n) is 1.70. The number of rotatable bonds is 6. The SMILES string of the molecule is CCOC(=O)CCc1cc(C)[nH]c1C(=O)OCC. The van der Waals surface area contributed by atoms with Crippen LogP contribution in [0.1, 0.15) is 42.0 Å². The molecule has 1 heterocycles. The standard InChI is InChI=1S/C13H19NO4/c1-4-17-11(15)7-6-10-8-9(3)14-12(10)13(16)18-5-2/h8,14H,4-7H2,1-3H3. The maximum absolute atomic E-state index is 11.7. The number of aromatic nitrogens is 1. The third kappa shape index (κ3) is 3.91. The number of H-pyrrole nitrogens is 1. The number of ether oxygens (including phenoxy) is 2. The van der Waals surface area contributed by atoms with Crippen molar-refractivity contribution in [3.8, 4) is 0 Å². The van der Waals surface area contributed by atoms with E-state index < -0.39 is 0 Å². The first kappa shape index (κ1) is 14.3. The number of carbonyl (C=O) groups excluding carboxylic acids is 2. The first-order chi connectivity index (χ1) is 8.58. The minimum absolute atomic E-state index is 0.258. The summed E-state index contributed by atoms with van der Waals surface area (Å²) < 4.78 is 9.80. The van der Waals surface area contributed by atoms with Crippen LogP contribution in [-0.2, 0) is 20.7 Å². The van der Waals surface area contributed by atoms with E-state index in [4.69, 9.17) is 9.47 Å². The van der Waals surface area contributed by atoms with Gasteiger partial charge in [-0.15, -0.1) is 0 Å². The Morgan fingerprint density at radius 1 is 1.22 bits per heavy atom. The number of hydrogen-bond acceptors (Lipinski definition) is 4. The summed E-state index contributed by atoms with van der Waals surface area (Å²) in [6.07, 6.45) is 0.731. The first-order valence-corrected chi connectivity index (χ1v) is 6.09. The maximum Gasteiger partial charge on any atom is 0.355 e. The zero-order valence-electron chi connectivity index (χ0n) is 11.0. The normalized spacial score (nSPS) is 10.2. The van der Waals surface area contributed by atoms with Crippen LogP contribution in [0, 0.1) is 6.92 Å². The highest BCUT2D eigenvalue weighted by Gasteiger charge is 2.16. The van der Waals surface area contributed by atoms with Crippen LogP contribution in [0.3, 0.4) is 0 Å². The van der Waals surface area contributed by atoms with Crippen molar-refractivity contribution in [1.82, 2.24) is 4.98 Å². The average molecular weight is 253 g/mol. The van der Waals surface area contributed by atoms with E-state index in [-0.39, 0.29) is 18.4 Å².